The van der Waals surface area contributed by atoms with Crippen molar-refractivity contribution < 1.29 is 4.74 Å². The maximum atomic E-state index is 5.89. The van der Waals surface area contributed by atoms with Crippen molar-refractivity contribution in [3.05, 3.63) is 59.9 Å². The number of nitrogens with one attached hydrogen (secondary N) is 1. The highest BCUT2D eigenvalue weighted by molar-refractivity contribution is 5.25. The molecule has 1 aliphatic carbocycles. The molecular weight excluding hydrogens is 284 g/mol. The molecule has 1 heterocycles. The van der Waals surface area contributed by atoms with Crippen molar-refractivity contribution in [2.24, 2.45) is 23.0 Å². The topological polar surface area (TPSA) is 47.3 Å². The first kappa shape index (κ1) is 16.3. The summed E-state index contributed by atoms with van der Waals surface area (Å²) < 4.78 is 5.89. The van der Waals surface area contributed by atoms with Gasteiger partial charge in [-0.1, -0.05) is 49.4 Å². The van der Waals surface area contributed by atoms with Crippen molar-refractivity contribution in [2.75, 3.05) is 26.2 Å². The van der Waals surface area contributed by atoms with E-state index in [4.69, 9.17) is 10.5 Å². The highest BCUT2D eigenvalue weighted by Gasteiger charge is 2.44. The average molecular weight is 312 g/mol. The molecule has 0 spiro atoms. The van der Waals surface area contributed by atoms with Crippen molar-refractivity contribution in [3.8, 4) is 0 Å². The van der Waals surface area contributed by atoms with Crippen LogP contribution in [0.3, 0.4) is 0 Å². The molecule has 0 amide bonds. The van der Waals surface area contributed by atoms with Crippen LogP contribution in [0.25, 0.3) is 0 Å². The highest BCUT2D eigenvalue weighted by Crippen LogP contribution is 2.45. The van der Waals surface area contributed by atoms with Crippen molar-refractivity contribution in [2.45, 2.75) is 19.8 Å². The summed E-state index contributed by atoms with van der Waals surface area (Å²) in [6.45, 7) is 5.63. The second-order valence-electron chi connectivity index (χ2n) is 6.86. The number of allylic oxidation sites excluding steroid dienone is 4. The summed E-state index contributed by atoms with van der Waals surface area (Å²) in [5.41, 5.74) is 7.29. The van der Waals surface area contributed by atoms with Crippen LogP contribution in [0.15, 0.2) is 54.3 Å². The average Bonchev–Trinajstić information content (AvgIpc) is 3.04. The van der Waals surface area contributed by atoms with Crippen LogP contribution in [-0.4, -0.2) is 26.2 Å². The summed E-state index contributed by atoms with van der Waals surface area (Å²) in [7, 11) is 0. The molecule has 3 heteroatoms. The van der Waals surface area contributed by atoms with Crippen LogP contribution in [0.4, 0.5) is 0 Å². The van der Waals surface area contributed by atoms with Crippen molar-refractivity contribution >= 4 is 0 Å². The first-order chi connectivity index (χ1) is 11.2. The molecule has 23 heavy (non-hydrogen) atoms. The van der Waals surface area contributed by atoms with Gasteiger partial charge in [0.1, 0.15) is 0 Å². The van der Waals surface area contributed by atoms with E-state index in [1.165, 1.54) is 12.0 Å². The minimum Gasteiger partial charge on any atom is -0.496 e. The summed E-state index contributed by atoms with van der Waals surface area (Å²) in [4.78, 5) is 0. The van der Waals surface area contributed by atoms with Gasteiger partial charge in [-0.05, 0) is 42.4 Å². The van der Waals surface area contributed by atoms with Gasteiger partial charge in [-0.2, -0.15) is 0 Å². The lowest BCUT2D eigenvalue weighted by Crippen LogP contribution is -2.39. The number of hydrogen-bond donors (Lipinski definition) is 2. The van der Waals surface area contributed by atoms with E-state index < -0.39 is 0 Å². The van der Waals surface area contributed by atoms with Gasteiger partial charge in [0.2, 0.25) is 0 Å². The summed E-state index contributed by atoms with van der Waals surface area (Å²) in [5, 5.41) is 3.60. The standard InChI is InChI=1S/C20H28N2O/c1-16-18(8-5-9-19(16)23-13-11-21)20(10-12-22-15-20)14-17-6-3-2-4-7-17/h2-9,16,18,22H,10-15,21H2,1H3. The molecule has 3 rings (SSSR count). The quantitative estimate of drug-likeness (QED) is 0.849. The van der Waals surface area contributed by atoms with E-state index in [-0.39, 0.29) is 5.41 Å². The molecule has 1 aromatic carbocycles. The fourth-order valence-electron chi connectivity index (χ4n) is 4.18. The smallest absolute Gasteiger partial charge is 0.0999 e. The Bertz CT molecular complexity index is 558. The fourth-order valence-corrected chi connectivity index (χ4v) is 4.18. The molecule has 0 saturated carbocycles. The third-order valence-electron chi connectivity index (χ3n) is 5.34. The molecule has 1 fully saturated rings. The van der Waals surface area contributed by atoms with Crippen LogP contribution in [0.1, 0.15) is 18.9 Å². The molecule has 3 N–H and O–H groups in total. The van der Waals surface area contributed by atoms with E-state index in [2.05, 4.69) is 60.8 Å². The first-order valence-electron chi connectivity index (χ1n) is 8.71. The molecule has 124 valence electrons. The van der Waals surface area contributed by atoms with E-state index >= 15 is 0 Å². The second kappa shape index (κ2) is 7.33. The lowest BCUT2D eigenvalue weighted by Gasteiger charge is -2.41. The van der Waals surface area contributed by atoms with Crippen LogP contribution < -0.4 is 11.1 Å². The number of benzene rings is 1. The van der Waals surface area contributed by atoms with Gasteiger partial charge < -0.3 is 15.8 Å². The van der Waals surface area contributed by atoms with Crippen LogP contribution >= 0.6 is 0 Å². The predicted octanol–water partition coefficient (Wildman–Crippen LogP) is 2.89. The minimum atomic E-state index is 0.267. The zero-order valence-corrected chi connectivity index (χ0v) is 14.0. The Morgan fingerprint density at radius 2 is 2.13 bits per heavy atom. The normalized spacial score (nSPS) is 30.3. The van der Waals surface area contributed by atoms with Gasteiger partial charge in [0.25, 0.3) is 0 Å². The maximum absolute atomic E-state index is 5.89. The number of ether oxygens (including phenoxy) is 1. The fraction of sp³-hybridized carbons (Fsp3) is 0.500. The van der Waals surface area contributed by atoms with Gasteiger partial charge in [0.15, 0.2) is 0 Å². The van der Waals surface area contributed by atoms with Gasteiger partial charge in [0.05, 0.1) is 12.4 Å². The van der Waals surface area contributed by atoms with E-state index in [0.717, 1.165) is 25.3 Å². The Morgan fingerprint density at radius 3 is 2.83 bits per heavy atom. The zero-order chi connectivity index (χ0) is 16.1. The Morgan fingerprint density at radius 1 is 1.30 bits per heavy atom. The Balaban J connectivity index is 1.81. The minimum absolute atomic E-state index is 0.267. The molecule has 1 aromatic rings. The molecule has 0 aromatic heterocycles. The monoisotopic (exact) mass is 312 g/mol. The number of hydrogen-bond acceptors (Lipinski definition) is 3. The molecule has 3 unspecified atom stereocenters. The predicted molar refractivity (Wildman–Crippen MR) is 94.9 cm³/mol. The third-order valence-corrected chi connectivity index (χ3v) is 5.34. The summed E-state index contributed by atoms with van der Waals surface area (Å²) in [6.07, 6.45) is 8.99. The lowest BCUT2D eigenvalue weighted by atomic mass is 9.64. The van der Waals surface area contributed by atoms with Crippen molar-refractivity contribution in [1.29, 1.82) is 0 Å². The Kier molecular flexibility index (Phi) is 5.19. The number of rotatable bonds is 6. The molecule has 2 aliphatic rings. The first-order valence-corrected chi connectivity index (χ1v) is 8.71. The molecule has 3 atom stereocenters. The van der Waals surface area contributed by atoms with Crippen LogP contribution in [0.5, 0.6) is 0 Å². The van der Waals surface area contributed by atoms with Gasteiger partial charge in [-0.15, -0.1) is 0 Å². The Labute approximate surface area is 139 Å². The molecule has 0 radical (unpaired) electrons. The van der Waals surface area contributed by atoms with E-state index in [0.29, 0.717) is 25.0 Å². The van der Waals surface area contributed by atoms with Crippen LogP contribution in [-0.2, 0) is 11.2 Å². The van der Waals surface area contributed by atoms with E-state index in [9.17, 15) is 0 Å². The highest BCUT2D eigenvalue weighted by atomic mass is 16.5. The van der Waals surface area contributed by atoms with E-state index in [1.807, 2.05) is 0 Å². The number of nitrogens with two attached hydrogens (primary N) is 1. The largest absolute Gasteiger partial charge is 0.496 e. The lowest BCUT2D eigenvalue weighted by molar-refractivity contribution is 0.117. The van der Waals surface area contributed by atoms with Gasteiger partial charge in [-0.25, -0.2) is 0 Å². The molecular formula is C20H28N2O. The van der Waals surface area contributed by atoms with Gasteiger partial charge >= 0.3 is 0 Å². The van der Waals surface area contributed by atoms with Crippen molar-refractivity contribution in [1.82, 2.24) is 5.32 Å². The Hall–Kier alpha value is -1.58. The maximum Gasteiger partial charge on any atom is 0.0999 e. The molecule has 1 aliphatic heterocycles. The SMILES string of the molecule is CC1C(OCCN)=CC=CC1C1(Cc2ccccc2)CCNC1. The van der Waals surface area contributed by atoms with Crippen LogP contribution in [0.2, 0.25) is 0 Å². The van der Waals surface area contributed by atoms with Crippen LogP contribution in [0, 0.1) is 17.3 Å². The van der Waals surface area contributed by atoms with Gasteiger partial charge in [-0.3, -0.25) is 0 Å². The summed E-state index contributed by atoms with van der Waals surface area (Å²) in [6, 6.07) is 10.9. The van der Waals surface area contributed by atoms with E-state index in [1.54, 1.807) is 0 Å². The third kappa shape index (κ3) is 3.51. The second-order valence-corrected chi connectivity index (χ2v) is 6.86. The summed E-state index contributed by atoms with van der Waals surface area (Å²) >= 11 is 0. The van der Waals surface area contributed by atoms with Gasteiger partial charge in [0, 0.05) is 19.0 Å². The molecule has 0 bridgehead atoms. The van der Waals surface area contributed by atoms with Crippen molar-refractivity contribution in [3.63, 3.8) is 0 Å². The molecule has 3 nitrogen and oxygen atoms in total. The summed E-state index contributed by atoms with van der Waals surface area (Å²) in [5.74, 6) is 1.98. The zero-order valence-electron chi connectivity index (χ0n) is 14.0. The molecule has 1 saturated heterocycles.